The fourth-order valence-electron chi connectivity index (χ4n) is 3.16. The molecular weight excluding hydrogens is 240 g/mol. The molecule has 2 N–H and O–H groups in total. The Kier molecular flexibility index (Phi) is 7.29. The van der Waals surface area contributed by atoms with Crippen LogP contribution in [0.15, 0.2) is 0 Å². The van der Waals surface area contributed by atoms with Gasteiger partial charge in [0.15, 0.2) is 0 Å². The highest BCUT2D eigenvalue weighted by molar-refractivity contribution is 4.84. The SMILES string of the molecule is CCCC(C)(CNCC)CN1CC(C)OC(CO)C1. The van der Waals surface area contributed by atoms with Crippen molar-refractivity contribution in [2.75, 3.05) is 39.3 Å². The highest BCUT2D eigenvalue weighted by Gasteiger charge is 2.31. The number of nitrogens with one attached hydrogen (secondary N) is 1. The first-order valence-electron chi connectivity index (χ1n) is 7.72. The minimum atomic E-state index is -0.0197. The topological polar surface area (TPSA) is 44.7 Å². The molecule has 0 aliphatic carbocycles. The summed E-state index contributed by atoms with van der Waals surface area (Å²) in [5, 5.41) is 12.8. The van der Waals surface area contributed by atoms with Crippen molar-refractivity contribution in [1.82, 2.24) is 10.2 Å². The van der Waals surface area contributed by atoms with E-state index in [2.05, 4.69) is 37.9 Å². The third-order valence-electron chi connectivity index (χ3n) is 3.87. The molecule has 0 aromatic rings. The van der Waals surface area contributed by atoms with Crippen LogP contribution in [0.25, 0.3) is 0 Å². The number of rotatable bonds is 8. The monoisotopic (exact) mass is 272 g/mol. The molecule has 19 heavy (non-hydrogen) atoms. The molecule has 1 heterocycles. The van der Waals surface area contributed by atoms with E-state index in [1.165, 1.54) is 12.8 Å². The third-order valence-corrected chi connectivity index (χ3v) is 3.87. The summed E-state index contributed by atoms with van der Waals surface area (Å²) in [5.41, 5.74) is 0.307. The van der Waals surface area contributed by atoms with Crippen LogP contribution in [0.5, 0.6) is 0 Å². The van der Waals surface area contributed by atoms with Gasteiger partial charge in [-0.3, -0.25) is 4.90 Å². The van der Waals surface area contributed by atoms with Crippen LogP contribution in [0.4, 0.5) is 0 Å². The number of aliphatic hydroxyl groups excluding tert-OH is 1. The van der Waals surface area contributed by atoms with Crippen LogP contribution in [0.2, 0.25) is 0 Å². The average molecular weight is 272 g/mol. The van der Waals surface area contributed by atoms with E-state index in [9.17, 15) is 5.11 Å². The standard InChI is InChI=1S/C15H32N2O2/c1-5-7-15(4,11-16-6-2)12-17-8-13(3)19-14(9-17)10-18/h13-14,16,18H,5-12H2,1-4H3. The number of ether oxygens (including phenoxy) is 1. The summed E-state index contributed by atoms with van der Waals surface area (Å²) in [6.07, 6.45) is 2.64. The van der Waals surface area contributed by atoms with Crippen molar-refractivity contribution < 1.29 is 9.84 Å². The van der Waals surface area contributed by atoms with Crippen LogP contribution >= 0.6 is 0 Å². The highest BCUT2D eigenvalue weighted by atomic mass is 16.5. The molecule has 1 aliphatic heterocycles. The molecule has 0 radical (unpaired) electrons. The lowest BCUT2D eigenvalue weighted by Crippen LogP contribution is -2.52. The van der Waals surface area contributed by atoms with E-state index in [0.29, 0.717) is 5.41 Å². The second-order valence-corrected chi connectivity index (χ2v) is 6.29. The van der Waals surface area contributed by atoms with Crippen LogP contribution in [0.1, 0.15) is 40.5 Å². The Hall–Kier alpha value is -0.160. The zero-order chi connectivity index (χ0) is 14.3. The smallest absolute Gasteiger partial charge is 0.0936 e. The molecule has 4 heteroatoms. The normalized spacial score (nSPS) is 28.3. The van der Waals surface area contributed by atoms with Crippen LogP contribution in [-0.4, -0.2) is 61.5 Å². The Labute approximate surface area is 118 Å². The summed E-state index contributed by atoms with van der Waals surface area (Å²) >= 11 is 0. The van der Waals surface area contributed by atoms with Gasteiger partial charge in [0.05, 0.1) is 18.8 Å². The van der Waals surface area contributed by atoms with E-state index >= 15 is 0 Å². The van der Waals surface area contributed by atoms with Gasteiger partial charge in [0.1, 0.15) is 0 Å². The molecule has 0 bridgehead atoms. The first-order chi connectivity index (χ1) is 9.03. The van der Waals surface area contributed by atoms with Crippen molar-refractivity contribution in [3.8, 4) is 0 Å². The van der Waals surface area contributed by atoms with Gasteiger partial charge in [-0.05, 0) is 25.3 Å². The van der Waals surface area contributed by atoms with E-state index in [4.69, 9.17) is 4.74 Å². The van der Waals surface area contributed by atoms with Crippen LogP contribution in [0, 0.1) is 5.41 Å². The highest BCUT2D eigenvalue weighted by Crippen LogP contribution is 2.25. The average Bonchev–Trinajstić information content (AvgIpc) is 2.36. The lowest BCUT2D eigenvalue weighted by molar-refractivity contribution is -0.102. The summed E-state index contributed by atoms with van der Waals surface area (Å²) in [6, 6.07) is 0. The first-order valence-corrected chi connectivity index (χ1v) is 7.72. The van der Waals surface area contributed by atoms with Crippen LogP contribution in [0.3, 0.4) is 0 Å². The second kappa shape index (κ2) is 8.20. The van der Waals surface area contributed by atoms with E-state index < -0.39 is 0 Å². The fraction of sp³-hybridized carbons (Fsp3) is 1.00. The molecule has 0 aromatic carbocycles. The van der Waals surface area contributed by atoms with Gasteiger partial charge < -0.3 is 15.2 Å². The van der Waals surface area contributed by atoms with Gasteiger partial charge in [-0.1, -0.05) is 27.2 Å². The lowest BCUT2D eigenvalue weighted by atomic mass is 9.84. The van der Waals surface area contributed by atoms with Gasteiger partial charge in [-0.15, -0.1) is 0 Å². The minimum absolute atomic E-state index is 0.0197. The molecule has 1 saturated heterocycles. The molecule has 1 aliphatic rings. The molecule has 0 aromatic heterocycles. The van der Waals surface area contributed by atoms with Crippen LogP contribution < -0.4 is 5.32 Å². The van der Waals surface area contributed by atoms with Crippen molar-refractivity contribution in [2.45, 2.75) is 52.7 Å². The Morgan fingerprint density at radius 2 is 2.11 bits per heavy atom. The molecule has 0 amide bonds. The summed E-state index contributed by atoms with van der Waals surface area (Å²) in [4.78, 5) is 2.46. The van der Waals surface area contributed by atoms with E-state index in [0.717, 1.165) is 32.7 Å². The summed E-state index contributed by atoms with van der Waals surface area (Å²) in [7, 11) is 0. The molecular formula is C15H32N2O2. The second-order valence-electron chi connectivity index (χ2n) is 6.29. The maximum absolute atomic E-state index is 9.31. The van der Waals surface area contributed by atoms with Crippen molar-refractivity contribution in [1.29, 1.82) is 0 Å². The predicted octanol–water partition coefficient (Wildman–Crippen LogP) is 1.48. The van der Waals surface area contributed by atoms with Gasteiger partial charge in [0.2, 0.25) is 0 Å². The Morgan fingerprint density at radius 1 is 1.37 bits per heavy atom. The molecule has 1 rings (SSSR count). The maximum atomic E-state index is 9.31. The Morgan fingerprint density at radius 3 is 2.68 bits per heavy atom. The van der Waals surface area contributed by atoms with Crippen LogP contribution in [-0.2, 0) is 4.74 Å². The summed E-state index contributed by atoms with van der Waals surface area (Å²) < 4.78 is 5.71. The van der Waals surface area contributed by atoms with Crippen molar-refractivity contribution in [3.63, 3.8) is 0 Å². The molecule has 3 unspecified atom stereocenters. The van der Waals surface area contributed by atoms with Crippen molar-refractivity contribution >= 4 is 0 Å². The number of hydrogen-bond acceptors (Lipinski definition) is 4. The molecule has 0 spiro atoms. The van der Waals surface area contributed by atoms with Gasteiger partial charge in [-0.2, -0.15) is 0 Å². The van der Waals surface area contributed by atoms with Gasteiger partial charge >= 0.3 is 0 Å². The van der Waals surface area contributed by atoms with Gasteiger partial charge in [0, 0.05) is 26.2 Å². The van der Waals surface area contributed by atoms with Crippen molar-refractivity contribution in [2.24, 2.45) is 5.41 Å². The third kappa shape index (κ3) is 5.78. The molecule has 1 fully saturated rings. The number of hydrogen-bond donors (Lipinski definition) is 2. The van der Waals surface area contributed by atoms with Gasteiger partial charge in [-0.25, -0.2) is 0 Å². The lowest BCUT2D eigenvalue weighted by Gasteiger charge is -2.41. The summed E-state index contributed by atoms with van der Waals surface area (Å²) in [6.45, 7) is 14.0. The zero-order valence-corrected chi connectivity index (χ0v) is 13.1. The molecule has 4 nitrogen and oxygen atoms in total. The Bertz CT molecular complexity index is 250. The summed E-state index contributed by atoms with van der Waals surface area (Å²) in [5.74, 6) is 0. The maximum Gasteiger partial charge on any atom is 0.0936 e. The minimum Gasteiger partial charge on any atom is -0.394 e. The zero-order valence-electron chi connectivity index (χ0n) is 13.1. The molecule has 3 atom stereocenters. The number of aliphatic hydroxyl groups is 1. The van der Waals surface area contributed by atoms with Gasteiger partial charge in [0.25, 0.3) is 0 Å². The largest absolute Gasteiger partial charge is 0.394 e. The molecule has 0 saturated carbocycles. The van der Waals surface area contributed by atoms with E-state index in [-0.39, 0.29) is 18.8 Å². The Balaban J connectivity index is 2.56. The quantitative estimate of drug-likeness (QED) is 0.702. The number of morpholine rings is 1. The molecule has 114 valence electrons. The van der Waals surface area contributed by atoms with E-state index in [1.54, 1.807) is 0 Å². The number of nitrogens with zero attached hydrogens (tertiary/aromatic N) is 1. The first kappa shape index (κ1) is 16.9. The van der Waals surface area contributed by atoms with Crippen molar-refractivity contribution in [3.05, 3.63) is 0 Å². The fourth-order valence-corrected chi connectivity index (χ4v) is 3.16. The predicted molar refractivity (Wildman–Crippen MR) is 79.4 cm³/mol. The van der Waals surface area contributed by atoms with E-state index in [1.807, 2.05) is 0 Å².